The quantitative estimate of drug-likeness (QED) is 0.826. The first-order valence-corrected chi connectivity index (χ1v) is 8.58. The van der Waals surface area contributed by atoms with Gasteiger partial charge in [-0.2, -0.15) is 4.21 Å². The molecule has 0 heterocycles. The molecule has 2 N–H and O–H groups in total. The van der Waals surface area contributed by atoms with Gasteiger partial charge in [0, 0.05) is 18.0 Å². The molecule has 0 radical (unpaired) electrons. The average molecular weight is 347 g/mol. The Kier molecular flexibility index (Phi) is 6.02. The van der Waals surface area contributed by atoms with Crippen molar-refractivity contribution in [3.05, 3.63) is 40.8 Å². The van der Waals surface area contributed by atoms with E-state index >= 15 is 0 Å². The van der Waals surface area contributed by atoms with Crippen molar-refractivity contribution in [3.8, 4) is 0 Å². The number of rotatable bonds is 5. The fourth-order valence-corrected chi connectivity index (χ4v) is 2.89. The molecule has 0 aromatic heterocycles. The molecule has 7 heteroatoms. The Morgan fingerprint density at radius 1 is 1.36 bits per heavy atom. The highest BCUT2D eigenvalue weighted by molar-refractivity contribution is 7.95. The number of hydrogen-bond acceptors (Lipinski definition) is 3. The van der Waals surface area contributed by atoms with Crippen LogP contribution in [0.3, 0.4) is 0 Å². The normalized spacial score (nSPS) is 14.0. The van der Waals surface area contributed by atoms with Gasteiger partial charge < -0.3 is 10.1 Å². The van der Waals surface area contributed by atoms with E-state index in [1.807, 2.05) is 0 Å². The number of hydrogen-bond donors (Lipinski definition) is 1. The molecule has 1 rings (SSSR count). The Labute approximate surface area is 136 Å². The maximum absolute atomic E-state index is 12.4. The zero-order valence-electron chi connectivity index (χ0n) is 12.9. The monoisotopic (exact) mass is 346 g/mol. The fraction of sp³-hybridized carbons (Fsp3) is 0.400. The topological polar surface area (TPSA) is 76.8 Å². The van der Waals surface area contributed by atoms with Gasteiger partial charge in [0.2, 0.25) is 0 Å². The van der Waals surface area contributed by atoms with Gasteiger partial charge >= 0.3 is 15.9 Å². The summed E-state index contributed by atoms with van der Waals surface area (Å²) >= 11 is 5.75. The van der Waals surface area contributed by atoms with Crippen LogP contribution in [0.5, 0.6) is 0 Å². The van der Waals surface area contributed by atoms with Gasteiger partial charge in [0.25, 0.3) is 0 Å². The van der Waals surface area contributed by atoms with E-state index in [0.717, 1.165) is 0 Å². The lowest BCUT2D eigenvalue weighted by molar-refractivity contribution is 0.0528. The molecule has 1 aromatic rings. The number of carbonyl (C=O) groups excluding carboxylic acids is 1. The van der Waals surface area contributed by atoms with Crippen LogP contribution in [-0.2, 0) is 14.6 Å². The summed E-state index contributed by atoms with van der Waals surface area (Å²) in [5.74, 6) is 0. The van der Waals surface area contributed by atoms with Crippen LogP contribution in [-0.4, -0.2) is 26.7 Å². The van der Waals surface area contributed by atoms with Crippen LogP contribution in [0, 0.1) is 0 Å². The van der Waals surface area contributed by atoms with Crippen LogP contribution in [0.2, 0.25) is 5.02 Å². The number of amides is 1. The predicted molar refractivity (Wildman–Crippen MR) is 87.8 cm³/mol. The first-order valence-electron chi connectivity index (χ1n) is 6.69. The summed E-state index contributed by atoms with van der Waals surface area (Å²) in [6, 6.07) is 6.05. The molecule has 0 bridgehead atoms. The molecule has 5 nitrogen and oxygen atoms in total. The Hall–Kier alpha value is -1.53. The zero-order valence-corrected chi connectivity index (χ0v) is 14.5. The lowest BCUT2D eigenvalue weighted by atomic mass is 10.2. The highest BCUT2D eigenvalue weighted by atomic mass is 35.5. The molecule has 0 saturated carbocycles. The third-order valence-corrected chi connectivity index (χ3v) is 4.75. The Bertz CT molecular complexity index is 645. The van der Waals surface area contributed by atoms with E-state index in [0.29, 0.717) is 5.02 Å². The smallest absolute Gasteiger partial charge is 0.407 e. The first-order chi connectivity index (χ1) is 10.0. The van der Waals surface area contributed by atoms with E-state index in [1.54, 1.807) is 32.9 Å². The summed E-state index contributed by atoms with van der Waals surface area (Å²) in [5.41, 5.74) is -0.588. The third-order valence-electron chi connectivity index (χ3n) is 2.60. The number of alkyl carbamates (subject to hydrolysis) is 1. The van der Waals surface area contributed by atoms with Crippen LogP contribution in [0.25, 0.3) is 0 Å². The molecule has 0 aliphatic heterocycles. The van der Waals surface area contributed by atoms with Crippen molar-refractivity contribution in [2.24, 2.45) is 0 Å². The van der Waals surface area contributed by atoms with E-state index in [9.17, 15) is 13.2 Å². The molecule has 1 amide bonds. The minimum atomic E-state index is -3.38. The standard InChI is InChI=1S/C15H20ClNO4S/c1-11(9-10-17-14(18)21-15(2,3)4)22(19,20)13-7-5-12(16)6-8-13/h5-8H,1,9-10H2,2-4H3,(H,17,18)/p+1. The van der Waals surface area contributed by atoms with E-state index < -0.39 is 21.5 Å². The molecule has 1 unspecified atom stereocenters. The van der Waals surface area contributed by atoms with Crippen molar-refractivity contribution in [2.75, 3.05) is 6.54 Å². The van der Waals surface area contributed by atoms with Crippen LogP contribution < -0.4 is 5.32 Å². The second-order valence-electron chi connectivity index (χ2n) is 5.70. The molecular formula is C15H21ClNO4S+. The highest BCUT2D eigenvalue weighted by Gasteiger charge is 2.25. The van der Waals surface area contributed by atoms with Crippen LogP contribution in [0.4, 0.5) is 4.79 Å². The van der Waals surface area contributed by atoms with Crippen molar-refractivity contribution in [2.45, 2.75) is 37.7 Å². The summed E-state index contributed by atoms with van der Waals surface area (Å²) in [5, 5.41) is 3.01. The molecular weight excluding hydrogens is 326 g/mol. The molecule has 0 spiro atoms. The van der Waals surface area contributed by atoms with Gasteiger partial charge in [-0.15, -0.1) is 0 Å². The largest absolute Gasteiger partial charge is 0.444 e. The second kappa shape index (κ2) is 7.15. The summed E-state index contributed by atoms with van der Waals surface area (Å²) in [7, 11) is -3.38. The molecule has 0 aliphatic carbocycles. The Morgan fingerprint density at radius 2 is 1.91 bits per heavy atom. The molecule has 1 atom stereocenters. The summed E-state index contributed by atoms with van der Waals surface area (Å²) in [4.78, 5) is 11.9. The van der Waals surface area contributed by atoms with E-state index in [4.69, 9.17) is 16.3 Å². The molecule has 1 aromatic carbocycles. The van der Waals surface area contributed by atoms with Gasteiger partial charge in [0.15, 0.2) is 0 Å². The first kappa shape index (κ1) is 18.5. The van der Waals surface area contributed by atoms with Crippen LogP contribution >= 0.6 is 11.6 Å². The molecule has 122 valence electrons. The van der Waals surface area contributed by atoms with Gasteiger partial charge in [0.1, 0.15) is 10.5 Å². The molecule has 22 heavy (non-hydrogen) atoms. The van der Waals surface area contributed by atoms with Crippen molar-refractivity contribution >= 4 is 27.5 Å². The lowest BCUT2D eigenvalue weighted by Crippen LogP contribution is -2.33. The van der Waals surface area contributed by atoms with E-state index in [1.165, 1.54) is 12.1 Å². The number of nitrogens with one attached hydrogen (secondary N) is 1. The van der Waals surface area contributed by atoms with Crippen molar-refractivity contribution in [1.82, 2.24) is 5.32 Å². The van der Waals surface area contributed by atoms with Crippen molar-refractivity contribution in [1.29, 1.82) is 0 Å². The number of benzene rings is 1. The summed E-state index contributed by atoms with van der Waals surface area (Å²) < 4.78 is 27.6. The summed E-state index contributed by atoms with van der Waals surface area (Å²) in [6.45, 7) is 9.08. The number of carbonyl (C=O) groups is 1. The number of ether oxygens (including phenoxy) is 1. The van der Waals surface area contributed by atoms with Crippen molar-refractivity contribution in [3.63, 3.8) is 0 Å². The maximum Gasteiger partial charge on any atom is 0.407 e. The molecule has 0 fully saturated rings. The van der Waals surface area contributed by atoms with Crippen LogP contribution in [0.15, 0.2) is 40.6 Å². The minimum absolute atomic E-state index is 0.130. The van der Waals surface area contributed by atoms with Crippen molar-refractivity contribution < 1.29 is 17.9 Å². The van der Waals surface area contributed by atoms with Gasteiger partial charge in [-0.05, 0) is 45.0 Å². The van der Waals surface area contributed by atoms with Gasteiger partial charge in [0.05, 0.1) is 4.91 Å². The van der Waals surface area contributed by atoms with E-state index in [2.05, 4.69) is 11.9 Å². The lowest BCUT2D eigenvalue weighted by Gasteiger charge is -2.19. The van der Waals surface area contributed by atoms with Gasteiger partial charge in [-0.1, -0.05) is 18.2 Å². The van der Waals surface area contributed by atoms with Gasteiger partial charge in [-0.3, -0.25) is 0 Å². The Balaban J connectivity index is 2.58. The minimum Gasteiger partial charge on any atom is -0.444 e. The summed E-state index contributed by atoms with van der Waals surface area (Å²) in [6.07, 6.45) is -0.409. The number of halogens is 1. The highest BCUT2D eigenvalue weighted by Crippen LogP contribution is 2.21. The molecule has 0 saturated heterocycles. The SMILES string of the molecule is C=C(CCNC(=O)OC(C)(C)C)S(=O)(=[OH+])c1ccc(Cl)cc1. The van der Waals surface area contributed by atoms with Gasteiger partial charge in [-0.25, -0.2) is 9.00 Å². The molecule has 0 aliphatic rings. The zero-order chi connectivity index (χ0) is 17.0. The maximum atomic E-state index is 12.4. The third kappa shape index (κ3) is 5.69. The predicted octanol–water partition coefficient (Wildman–Crippen LogP) is 3.70. The average Bonchev–Trinajstić information content (AvgIpc) is 2.36. The fourth-order valence-electron chi connectivity index (χ4n) is 1.54. The Morgan fingerprint density at radius 3 is 2.41 bits per heavy atom. The second-order valence-corrected chi connectivity index (χ2v) is 8.23. The van der Waals surface area contributed by atoms with Crippen LogP contribution in [0.1, 0.15) is 27.2 Å². The van der Waals surface area contributed by atoms with E-state index in [-0.39, 0.29) is 22.8 Å².